The molecule has 1 aromatic heterocycles. The zero-order valence-electron chi connectivity index (χ0n) is 15.0. The normalized spacial score (nSPS) is 14.1. The first-order chi connectivity index (χ1) is 13.4. The Morgan fingerprint density at radius 1 is 1.18 bits per heavy atom. The molecule has 28 heavy (non-hydrogen) atoms. The largest absolute Gasteiger partial charge is 0.468 e. The van der Waals surface area contributed by atoms with Gasteiger partial charge in [-0.3, -0.25) is 4.79 Å². The van der Waals surface area contributed by atoms with Gasteiger partial charge in [-0.25, -0.2) is 17.9 Å². The molecule has 9 heteroatoms. The zero-order chi connectivity index (χ0) is 20.0. The summed E-state index contributed by atoms with van der Waals surface area (Å²) in [6.45, 7) is -0.269. The van der Waals surface area contributed by atoms with Gasteiger partial charge < -0.3 is 14.5 Å². The third kappa shape index (κ3) is 6.07. The predicted molar refractivity (Wildman–Crippen MR) is 100 cm³/mol. The molecule has 0 bridgehead atoms. The van der Waals surface area contributed by atoms with Crippen molar-refractivity contribution in [2.45, 2.75) is 30.3 Å². The highest BCUT2D eigenvalue weighted by atomic mass is 32.2. The van der Waals surface area contributed by atoms with E-state index in [1.807, 2.05) is 0 Å². The number of carbonyl (C=O) groups is 2. The summed E-state index contributed by atoms with van der Waals surface area (Å²) in [7, 11) is -3.68. The van der Waals surface area contributed by atoms with Gasteiger partial charge in [0.1, 0.15) is 5.76 Å². The molecule has 1 amide bonds. The number of benzene rings is 1. The van der Waals surface area contributed by atoms with Gasteiger partial charge >= 0.3 is 5.97 Å². The van der Waals surface area contributed by atoms with Gasteiger partial charge in [0.2, 0.25) is 10.0 Å². The lowest BCUT2D eigenvalue weighted by molar-refractivity contribution is -0.143. The van der Waals surface area contributed by atoms with Crippen molar-refractivity contribution in [3.05, 3.63) is 60.1 Å². The molecule has 0 atom stereocenters. The topological polar surface area (TPSA) is 115 Å². The molecule has 1 fully saturated rings. The van der Waals surface area contributed by atoms with E-state index in [1.54, 1.807) is 24.3 Å². The Kier molecular flexibility index (Phi) is 6.27. The van der Waals surface area contributed by atoms with Crippen LogP contribution in [0.1, 0.15) is 24.2 Å². The Bertz CT molecular complexity index is 945. The number of hydrogen-bond acceptors (Lipinski definition) is 6. The number of esters is 1. The van der Waals surface area contributed by atoms with Gasteiger partial charge in [-0.1, -0.05) is 12.1 Å². The number of carbonyl (C=O) groups excluding carboxylic acids is 2. The minimum Gasteiger partial charge on any atom is -0.468 e. The second kappa shape index (κ2) is 8.85. The lowest BCUT2D eigenvalue weighted by atomic mass is 10.2. The van der Waals surface area contributed by atoms with Gasteiger partial charge in [0.05, 0.1) is 17.7 Å². The maximum Gasteiger partial charge on any atom is 0.331 e. The van der Waals surface area contributed by atoms with Crippen LogP contribution in [-0.2, 0) is 30.9 Å². The molecular weight excluding hydrogens is 384 g/mol. The number of nitrogens with one attached hydrogen (secondary N) is 2. The van der Waals surface area contributed by atoms with Crippen molar-refractivity contribution in [3.8, 4) is 0 Å². The standard InChI is InChI=1S/C19H20N2O6S/c22-18(21-15-6-7-15)13-27-19(23)10-5-14-3-8-17(9-4-14)28(24,25)20-12-16-2-1-11-26-16/h1-5,8-11,15,20H,6-7,12-13H2,(H,21,22). The molecule has 0 saturated heterocycles. The minimum absolute atomic E-state index is 0.0527. The summed E-state index contributed by atoms with van der Waals surface area (Å²) in [5.41, 5.74) is 0.615. The molecule has 3 rings (SSSR count). The van der Waals surface area contributed by atoms with Gasteiger partial charge in [-0.05, 0) is 48.7 Å². The first-order valence-electron chi connectivity index (χ1n) is 8.69. The second-order valence-corrected chi connectivity index (χ2v) is 8.02. The Morgan fingerprint density at radius 2 is 1.93 bits per heavy atom. The number of ether oxygens (including phenoxy) is 1. The highest BCUT2D eigenvalue weighted by molar-refractivity contribution is 7.89. The van der Waals surface area contributed by atoms with Crippen LogP contribution in [-0.4, -0.2) is 32.9 Å². The van der Waals surface area contributed by atoms with E-state index in [2.05, 4.69) is 10.0 Å². The van der Waals surface area contributed by atoms with Crippen LogP contribution < -0.4 is 10.0 Å². The highest BCUT2D eigenvalue weighted by Crippen LogP contribution is 2.18. The number of hydrogen-bond donors (Lipinski definition) is 2. The van der Waals surface area contributed by atoms with Crippen molar-refractivity contribution in [2.24, 2.45) is 0 Å². The van der Waals surface area contributed by atoms with Crippen molar-refractivity contribution < 1.29 is 27.2 Å². The average Bonchev–Trinajstić information content (AvgIpc) is 3.33. The van der Waals surface area contributed by atoms with Crippen LogP contribution in [0.4, 0.5) is 0 Å². The summed E-state index contributed by atoms with van der Waals surface area (Å²) in [6.07, 6.45) is 6.06. The maximum absolute atomic E-state index is 12.3. The van der Waals surface area contributed by atoms with E-state index in [0.717, 1.165) is 12.8 Å². The molecule has 2 N–H and O–H groups in total. The second-order valence-electron chi connectivity index (χ2n) is 6.26. The lowest BCUT2D eigenvalue weighted by Crippen LogP contribution is -2.30. The molecule has 1 aliphatic rings. The van der Waals surface area contributed by atoms with Crippen molar-refractivity contribution in [1.29, 1.82) is 0 Å². The third-order valence-corrected chi connectivity index (χ3v) is 5.32. The van der Waals surface area contributed by atoms with E-state index in [4.69, 9.17) is 9.15 Å². The van der Waals surface area contributed by atoms with Crippen molar-refractivity contribution in [2.75, 3.05) is 6.61 Å². The van der Waals surface area contributed by atoms with Gasteiger partial charge in [-0.15, -0.1) is 0 Å². The van der Waals surface area contributed by atoms with Crippen LogP contribution in [0.25, 0.3) is 6.08 Å². The Balaban J connectivity index is 1.49. The molecule has 1 heterocycles. The SMILES string of the molecule is O=C(COC(=O)C=Cc1ccc(S(=O)(=O)NCc2ccco2)cc1)NC1CC1. The van der Waals surface area contributed by atoms with Crippen LogP contribution in [0.5, 0.6) is 0 Å². The molecule has 1 aromatic carbocycles. The first kappa shape index (κ1) is 19.8. The summed E-state index contributed by atoms with van der Waals surface area (Å²) in [5.74, 6) is -0.462. The van der Waals surface area contributed by atoms with Gasteiger partial charge in [0, 0.05) is 12.1 Å². The minimum atomic E-state index is -3.68. The van der Waals surface area contributed by atoms with Gasteiger partial charge in [-0.2, -0.15) is 0 Å². The Labute approximate surface area is 162 Å². The fourth-order valence-electron chi connectivity index (χ4n) is 2.27. The molecule has 0 unspecified atom stereocenters. The number of amides is 1. The molecule has 0 spiro atoms. The van der Waals surface area contributed by atoms with Crippen LogP contribution in [0.15, 0.2) is 58.1 Å². The monoisotopic (exact) mass is 404 g/mol. The van der Waals surface area contributed by atoms with Crippen molar-refractivity contribution in [3.63, 3.8) is 0 Å². The fraction of sp³-hybridized carbons (Fsp3) is 0.263. The maximum atomic E-state index is 12.3. The summed E-state index contributed by atoms with van der Waals surface area (Å²) >= 11 is 0. The van der Waals surface area contributed by atoms with E-state index in [1.165, 1.54) is 30.5 Å². The van der Waals surface area contributed by atoms with E-state index >= 15 is 0 Å². The Hall–Kier alpha value is -2.91. The van der Waals surface area contributed by atoms with Crippen LogP contribution in [0.3, 0.4) is 0 Å². The van der Waals surface area contributed by atoms with E-state index in [-0.39, 0.29) is 30.0 Å². The summed E-state index contributed by atoms with van der Waals surface area (Å²) in [4.78, 5) is 23.2. The summed E-state index contributed by atoms with van der Waals surface area (Å²) in [6, 6.07) is 9.54. The van der Waals surface area contributed by atoms with Crippen LogP contribution >= 0.6 is 0 Å². The van der Waals surface area contributed by atoms with Crippen molar-refractivity contribution in [1.82, 2.24) is 10.0 Å². The number of rotatable bonds is 9. The molecule has 8 nitrogen and oxygen atoms in total. The molecular formula is C19H20N2O6S. The van der Waals surface area contributed by atoms with E-state index in [9.17, 15) is 18.0 Å². The van der Waals surface area contributed by atoms with E-state index in [0.29, 0.717) is 11.3 Å². The first-order valence-corrected chi connectivity index (χ1v) is 10.2. The average molecular weight is 404 g/mol. The number of sulfonamides is 1. The van der Waals surface area contributed by atoms with Crippen LogP contribution in [0, 0.1) is 0 Å². The summed E-state index contributed by atoms with van der Waals surface area (Å²) < 4.78 is 36.9. The quantitative estimate of drug-likeness (QED) is 0.485. The van der Waals surface area contributed by atoms with Crippen LogP contribution in [0.2, 0.25) is 0 Å². The highest BCUT2D eigenvalue weighted by Gasteiger charge is 2.23. The molecule has 0 radical (unpaired) electrons. The number of furan rings is 1. The van der Waals surface area contributed by atoms with Gasteiger partial charge in [0.25, 0.3) is 5.91 Å². The zero-order valence-corrected chi connectivity index (χ0v) is 15.8. The smallest absolute Gasteiger partial charge is 0.331 e. The third-order valence-electron chi connectivity index (χ3n) is 3.91. The predicted octanol–water partition coefficient (Wildman–Crippen LogP) is 1.59. The molecule has 1 aliphatic carbocycles. The summed E-state index contributed by atoms with van der Waals surface area (Å²) in [5, 5.41) is 2.71. The lowest BCUT2D eigenvalue weighted by Gasteiger charge is -2.06. The molecule has 2 aromatic rings. The molecule has 148 valence electrons. The van der Waals surface area contributed by atoms with Crippen molar-refractivity contribution >= 4 is 28.0 Å². The Morgan fingerprint density at radius 3 is 2.57 bits per heavy atom. The molecule has 0 aliphatic heterocycles. The molecule has 1 saturated carbocycles. The fourth-order valence-corrected chi connectivity index (χ4v) is 3.26. The van der Waals surface area contributed by atoms with E-state index < -0.39 is 16.0 Å². The van der Waals surface area contributed by atoms with Gasteiger partial charge in [0.15, 0.2) is 6.61 Å².